The minimum Gasteiger partial charge on any atom is -0.481 e. The molecule has 0 atom stereocenters. The molecule has 140 valence electrons. The van der Waals surface area contributed by atoms with Gasteiger partial charge in [-0.3, -0.25) is 4.90 Å². The molecule has 28 heavy (non-hydrogen) atoms. The van der Waals surface area contributed by atoms with E-state index in [-0.39, 0.29) is 0 Å². The molecular weight excluding hydrogens is 374 g/mol. The lowest BCUT2D eigenvalue weighted by Gasteiger charge is -2.25. The number of amides is 2. The quantitative estimate of drug-likeness (QED) is 0.669. The molecule has 0 saturated heterocycles. The Hall–Kier alpha value is -3.31. The predicted octanol–water partition coefficient (Wildman–Crippen LogP) is 4.98. The zero-order valence-corrected chi connectivity index (χ0v) is 16.0. The van der Waals surface area contributed by atoms with Crippen molar-refractivity contribution in [1.82, 2.24) is 4.98 Å². The van der Waals surface area contributed by atoms with Crippen LogP contribution in [0.1, 0.15) is 16.7 Å². The van der Waals surface area contributed by atoms with Gasteiger partial charge < -0.3 is 10.5 Å². The lowest BCUT2D eigenvalue weighted by atomic mass is 9.97. The van der Waals surface area contributed by atoms with E-state index in [2.05, 4.69) is 11.1 Å². The molecule has 2 amide bonds. The van der Waals surface area contributed by atoms with E-state index in [4.69, 9.17) is 22.1 Å². The standard InChI is InChI=1S/C22H18ClN3O2/c1-28-21-9-6-17(12-25-21)14-3-5-18-13-26(22(24)27)20-8-7-19(23)11-16(20)4-2-15(18)10-14/h2-12H,13H2,1H3,(H2,24,27). The zero-order chi connectivity index (χ0) is 19.7. The first-order valence-electron chi connectivity index (χ1n) is 8.73. The van der Waals surface area contributed by atoms with Crippen molar-refractivity contribution < 1.29 is 9.53 Å². The first-order chi connectivity index (χ1) is 13.5. The SMILES string of the molecule is COc1ccc(-c2ccc3c(c2)C=Cc2cc(Cl)ccc2N(C(N)=O)C3)cn1. The topological polar surface area (TPSA) is 68.5 Å². The van der Waals surface area contributed by atoms with E-state index in [0.717, 1.165) is 33.5 Å². The van der Waals surface area contributed by atoms with Crippen molar-refractivity contribution in [2.24, 2.45) is 5.73 Å². The molecule has 0 spiro atoms. The second-order valence-electron chi connectivity index (χ2n) is 6.46. The van der Waals surface area contributed by atoms with E-state index >= 15 is 0 Å². The number of hydrogen-bond donors (Lipinski definition) is 1. The molecule has 6 heteroatoms. The summed E-state index contributed by atoms with van der Waals surface area (Å²) >= 11 is 6.14. The number of pyridine rings is 1. The number of urea groups is 1. The van der Waals surface area contributed by atoms with Gasteiger partial charge in [-0.2, -0.15) is 0 Å². The van der Waals surface area contributed by atoms with Crippen LogP contribution in [0.4, 0.5) is 10.5 Å². The van der Waals surface area contributed by atoms with Crippen LogP contribution in [-0.4, -0.2) is 18.1 Å². The molecular formula is C22H18ClN3O2. The highest BCUT2D eigenvalue weighted by atomic mass is 35.5. The second-order valence-corrected chi connectivity index (χ2v) is 6.90. The van der Waals surface area contributed by atoms with Crippen molar-refractivity contribution >= 4 is 35.5 Å². The highest BCUT2D eigenvalue weighted by Crippen LogP contribution is 2.32. The van der Waals surface area contributed by atoms with Crippen LogP contribution in [0.25, 0.3) is 23.3 Å². The summed E-state index contributed by atoms with van der Waals surface area (Å²) in [4.78, 5) is 17.9. The number of primary amides is 1. The van der Waals surface area contributed by atoms with Gasteiger partial charge in [-0.1, -0.05) is 35.9 Å². The predicted molar refractivity (Wildman–Crippen MR) is 112 cm³/mol. The molecule has 3 aromatic rings. The molecule has 1 aromatic heterocycles. The maximum Gasteiger partial charge on any atom is 0.319 e. The van der Waals surface area contributed by atoms with Gasteiger partial charge in [0.2, 0.25) is 5.88 Å². The summed E-state index contributed by atoms with van der Waals surface area (Å²) in [6.07, 6.45) is 5.76. The third kappa shape index (κ3) is 3.44. The second kappa shape index (κ2) is 7.37. The first kappa shape index (κ1) is 18.1. The summed E-state index contributed by atoms with van der Waals surface area (Å²) in [5.74, 6) is 0.570. The summed E-state index contributed by atoms with van der Waals surface area (Å²) in [6, 6.07) is 14.8. The van der Waals surface area contributed by atoms with Gasteiger partial charge in [0.05, 0.1) is 19.3 Å². The van der Waals surface area contributed by atoms with Gasteiger partial charge in [0.25, 0.3) is 0 Å². The van der Waals surface area contributed by atoms with Crippen LogP contribution in [0.15, 0.2) is 54.7 Å². The Morgan fingerprint density at radius 1 is 1.07 bits per heavy atom. The Labute approximate surface area is 168 Å². The number of aromatic nitrogens is 1. The molecule has 1 aliphatic rings. The summed E-state index contributed by atoms with van der Waals surface area (Å²) in [6.45, 7) is 0.380. The van der Waals surface area contributed by atoms with E-state index < -0.39 is 6.03 Å². The Balaban J connectivity index is 1.79. The number of nitrogens with two attached hydrogens (primary N) is 1. The number of rotatable bonds is 2. The normalized spacial score (nSPS) is 12.6. The Morgan fingerprint density at radius 3 is 2.57 bits per heavy atom. The van der Waals surface area contributed by atoms with E-state index in [1.807, 2.05) is 48.6 Å². The van der Waals surface area contributed by atoms with Crippen molar-refractivity contribution in [3.63, 3.8) is 0 Å². The van der Waals surface area contributed by atoms with Crippen LogP contribution in [0.2, 0.25) is 5.02 Å². The molecule has 0 aliphatic carbocycles. The van der Waals surface area contributed by atoms with Gasteiger partial charge in [0.1, 0.15) is 0 Å². The van der Waals surface area contributed by atoms with Gasteiger partial charge in [-0.25, -0.2) is 9.78 Å². The van der Waals surface area contributed by atoms with E-state index in [1.54, 1.807) is 24.3 Å². The van der Waals surface area contributed by atoms with E-state index in [0.29, 0.717) is 17.4 Å². The number of nitrogens with zero attached hydrogens (tertiary/aromatic N) is 2. The fraction of sp³-hybridized carbons (Fsp3) is 0.0909. The van der Waals surface area contributed by atoms with Crippen molar-refractivity contribution in [3.05, 3.63) is 76.4 Å². The van der Waals surface area contributed by atoms with Gasteiger partial charge in [0, 0.05) is 22.8 Å². The zero-order valence-electron chi connectivity index (χ0n) is 15.2. The molecule has 2 aromatic carbocycles. The number of carbonyl (C=O) groups excluding carboxylic acids is 1. The van der Waals surface area contributed by atoms with Crippen LogP contribution in [-0.2, 0) is 6.54 Å². The molecule has 0 bridgehead atoms. The van der Waals surface area contributed by atoms with E-state index in [9.17, 15) is 4.79 Å². The summed E-state index contributed by atoms with van der Waals surface area (Å²) < 4.78 is 5.12. The molecule has 2 N–H and O–H groups in total. The van der Waals surface area contributed by atoms with Crippen molar-refractivity contribution in [2.45, 2.75) is 6.54 Å². The summed E-state index contributed by atoms with van der Waals surface area (Å²) in [7, 11) is 1.59. The maximum absolute atomic E-state index is 12.1. The van der Waals surface area contributed by atoms with Crippen molar-refractivity contribution in [3.8, 4) is 17.0 Å². The summed E-state index contributed by atoms with van der Waals surface area (Å²) in [5, 5.41) is 0.603. The lowest BCUT2D eigenvalue weighted by Crippen LogP contribution is -2.36. The number of ether oxygens (including phenoxy) is 1. The van der Waals surface area contributed by atoms with Gasteiger partial charge >= 0.3 is 6.03 Å². The number of halogens is 1. The first-order valence-corrected chi connectivity index (χ1v) is 9.11. The smallest absolute Gasteiger partial charge is 0.319 e. The van der Waals surface area contributed by atoms with Crippen molar-refractivity contribution in [1.29, 1.82) is 0 Å². The number of anilines is 1. The molecule has 0 unspecified atom stereocenters. The molecule has 0 fully saturated rings. The lowest BCUT2D eigenvalue weighted by molar-refractivity contribution is 0.253. The Kier molecular flexibility index (Phi) is 4.75. The van der Waals surface area contributed by atoms with E-state index in [1.165, 1.54) is 0 Å². The van der Waals surface area contributed by atoms with Crippen LogP contribution in [0.5, 0.6) is 5.88 Å². The number of hydrogen-bond acceptors (Lipinski definition) is 3. The van der Waals surface area contributed by atoms with Gasteiger partial charge in [-0.15, -0.1) is 0 Å². The third-order valence-electron chi connectivity index (χ3n) is 4.74. The number of methoxy groups -OCH3 is 1. The van der Waals surface area contributed by atoms with Crippen LogP contribution >= 0.6 is 11.6 Å². The fourth-order valence-corrected chi connectivity index (χ4v) is 3.46. The molecule has 1 aliphatic heterocycles. The average molecular weight is 392 g/mol. The van der Waals surface area contributed by atoms with Gasteiger partial charge in [0.15, 0.2) is 0 Å². The monoisotopic (exact) mass is 391 g/mol. The number of fused-ring (bicyclic) bond motifs is 2. The number of carbonyl (C=O) groups is 1. The van der Waals surface area contributed by atoms with Crippen LogP contribution in [0, 0.1) is 0 Å². The van der Waals surface area contributed by atoms with Crippen molar-refractivity contribution in [2.75, 3.05) is 12.0 Å². The summed E-state index contributed by atoms with van der Waals surface area (Å²) in [5.41, 5.74) is 11.2. The Bertz CT molecular complexity index is 1080. The largest absolute Gasteiger partial charge is 0.481 e. The molecule has 5 nitrogen and oxygen atoms in total. The third-order valence-corrected chi connectivity index (χ3v) is 4.98. The molecule has 4 rings (SSSR count). The van der Waals surface area contributed by atoms with Crippen LogP contribution in [0.3, 0.4) is 0 Å². The average Bonchev–Trinajstić information content (AvgIpc) is 2.69. The minimum absolute atomic E-state index is 0.380. The molecule has 0 saturated carbocycles. The molecule has 0 radical (unpaired) electrons. The fourth-order valence-electron chi connectivity index (χ4n) is 3.28. The highest BCUT2D eigenvalue weighted by Gasteiger charge is 2.19. The Morgan fingerprint density at radius 2 is 1.86 bits per heavy atom. The minimum atomic E-state index is -0.506. The van der Waals surface area contributed by atoms with Gasteiger partial charge in [-0.05, 0) is 52.6 Å². The molecule has 2 heterocycles. The number of benzene rings is 2. The maximum atomic E-state index is 12.1. The van der Waals surface area contributed by atoms with Crippen LogP contribution < -0.4 is 15.4 Å². The highest BCUT2D eigenvalue weighted by molar-refractivity contribution is 6.30.